The standard InChI is InChI=1S/C20H23Cl2N3O2/c1-12(18(26)25-17-10-5-13(21)11-16(17)22)23-14-6-8-15(9-7-14)24-19(27)20(2,3)4/h5-12,23H,1-4H3,(H,24,27)(H,25,26). The summed E-state index contributed by atoms with van der Waals surface area (Å²) in [4.78, 5) is 24.4. The van der Waals surface area contributed by atoms with Gasteiger partial charge in [0.25, 0.3) is 0 Å². The summed E-state index contributed by atoms with van der Waals surface area (Å²) in [5.74, 6) is -0.292. The highest BCUT2D eigenvalue weighted by molar-refractivity contribution is 6.36. The molecule has 0 bridgehead atoms. The Morgan fingerprint density at radius 2 is 1.52 bits per heavy atom. The van der Waals surface area contributed by atoms with E-state index in [9.17, 15) is 9.59 Å². The van der Waals surface area contributed by atoms with Gasteiger partial charge in [0.2, 0.25) is 11.8 Å². The zero-order valence-electron chi connectivity index (χ0n) is 15.7. The highest BCUT2D eigenvalue weighted by Crippen LogP contribution is 2.25. The Bertz CT molecular complexity index is 830. The zero-order chi connectivity index (χ0) is 20.2. The second kappa shape index (κ2) is 8.63. The Morgan fingerprint density at radius 1 is 0.926 bits per heavy atom. The maximum Gasteiger partial charge on any atom is 0.246 e. The number of anilines is 3. The van der Waals surface area contributed by atoms with Crippen LogP contribution in [0.2, 0.25) is 10.0 Å². The molecule has 2 aromatic rings. The molecule has 5 nitrogen and oxygen atoms in total. The smallest absolute Gasteiger partial charge is 0.246 e. The van der Waals surface area contributed by atoms with Gasteiger partial charge in [-0.15, -0.1) is 0 Å². The van der Waals surface area contributed by atoms with E-state index in [0.717, 1.165) is 5.69 Å². The van der Waals surface area contributed by atoms with Gasteiger partial charge in [0, 0.05) is 21.8 Å². The lowest BCUT2D eigenvalue weighted by Crippen LogP contribution is -2.32. The molecule has 2 aromatic carbocycles. The second-order valence-electron chi connectivity index (χ2n) is 7.26. The van der Waals surface area contributed by atoms with Gasteiger partial charge in [-0.3, -0.25) is 9.59 Å². The van der Waals surface area contributed by atoms with Crippen molar-refractivity contribution in [3.63, 3.8) is 0 Å². The lowest BCUT2D eigenvalue weighted by atomic mass is 9.95. The van der Waals surface area contributed by atoms with Gasteiger partial charge < -0.3 is 16.0 Å². The summed E-state index contributed by atoms with van der Waals surface area (Å²) >= 11 is 11.9. The van der Waals surface area contributed by atoms with E-state index in [1.807, 2.05) is 20.8 Å². The van der Waals surface area contributed by atoms with Crippen LogP contribution in [0.1, 0.15) is 27.7 Å². The molecule has 0 spiro atoms. The Kier molecular flexibility index (Phi) is 6.73. The van der Waals surface area contributed by atoms with Crippen molar-refractivity contribution >= 4 is 52.1 Å². The number of hydrogen-bond acceptors (Lipinski definition) is 3. The third kappa shape index (κ3) is 6.15. The molecule has 27 heavy (non-hydrogen) atoms. The molecule has 144 valence electrons. The van der Waals surface area contributed by atoms with Crippen LogP contribution in [0.25, 0.3) is 0 Å². The molecule has 3 N–H and O–H groups in total. The Balaban J connectivity index is 1.95. The first kappa shape index (κ1) is 21.1. The average Bonchev–Trinajstić information content (AvgIpc) is 2.58. The molecule has 2 rings (SSSR count). The van der Waals surface area contributed by atoms with Crippen molar-refractivity contribution in [2.75, 3.05) is 16.0 Å². The summed E-state index contributed by atoms with van der Waals surface area (Å²) < 4.78 is 0. The van der Waals surface area contributed by atoms with Gasteiger partial charge in [-0.2, -0.15) is 0 Å². The molecule has 0 saturated heterocycles. The van der Waals surface area contributed by atoms with Gasteiger partial charge in [-0.05, 0) is 49.4 Å². The van der Waals surface area contributed by atoms with Crippen molar-refractivity contribution in [2.45, 2.75) is 33.7 Å². The maximum absolute atomic E-state index is 12.4. The number of rotatable bonds is 5. The fraction of sp³-hybridized carbons (Fsp3) is 0.300. The van der Waals surface area contributed by atoms with Crippen LogP contribution in [0, 0.1) is 5.41 Å². The van der Waals surface area contributed by atoms with Crippen LogP contribution in [0.4, 0.5) is 17.1 Å². The topological polar surface area (TPSA) is 70.2 Å². The van der Waals surface area contributed by atoms with Crippen LogP contribution in [-0.4, -0.2) is 17.9 Å². The largest absolute Gasteiger partial charge is 0.374 e. The molecule has 2 amide bonds. The van der Waals surface area contributed by atoms with Crippen LogP contribution in [0.15, 0.2) is 42.5 Å². The first-order chi connectivity index (χ1) is 12.6. The molecule has 0 aromatic heterocycles. The molecule has 0 aliphatic rings. The average molecular weight is 408 g/mol. The molecule has 0 fully saturated rings. The van der Waals surface area contributed by atoms with E-state index in [1.54, 1.807) is 49.4 Å². The minimum atomic E-state index is -0.494. The minimum absolute atomic E-state index is 0.0594. The van der Waals surface area contributed by atoms with Crippen molar-refractivity contribution in [3.8, 4) is 0 Å². The second-order valence-corrected chi connectivity index (χ2v) is 8.10. The number of carbonyl (C=O) groups excluding carboxylic acids is 2. The molecule has 1 atom stereocenters. The summed E-state index contributed by atoms with van der Waals surface area (Å²) in [6.07, 6.45) is 0. The third-order valence-corrected chi connectivity index (χ3v) is 4.34. The van der Waals surface area contributed by atoms with Gasteiger partial charge in [0.1, 0.15) is 6.04 Å². The van der Waals surface area contributed by atoms with Crippen molar-refractivity contribution in [1.29, 1.82) is 0 Å². The molecular weight excluding hydrogens is 385 g/mol. The van der Waals surface area contributed by atoms with Gasteiger partial charge in [0.05, 0.1) is 10.7 Å². The van der Waals surface area contributed by atoms with Crippen LogP contribution < -0.4 is 16.0 Å². The van der Waals surface area contributed by atoms with E-state index in [4.69, 9.17) is 23.2 Å². The van der Waals surface area contributed by atoms with Gasteiger partial charge in [-0.25, -0.2) is 0 Å². The summed E-state index contributed by atoms with van der Waals surface area (Å²) in [5.41, 5.74) is 1.49. The Morgan fingerprint density at radius 3 is 2.07 bits per heavy atom. The molecule has 0 aliphatic carbocycles. The minimum Gasteiger partial charge on any atom is -0.374 e. The van der Waals surface area contributed by atoms with E-state index in [-0.39, 0.29) is 11.8 Å². The monoisotopic (exact) mass is 407 g/mol. The normalized spacial score (nSPS) is 12.2. The van der Waals surface area contributed by atoms with Crippen molar-refractivity contribution in [2.24, 2.45) is 5.41 Å². The molecule has 0 radical (unpaired) electrons. The van der Waals surface area contributed by atoms with Crippen molar-refractivity contribution in [1.82, 2.24) is 0 Å². The molecular formula is C20H23Cl2N3O2. The summed E-state index contributed by atoms with van der Waals surface area (Å²) in [5, 5.41) is 9.61. The quantitative estimate of drug-likeness (QED) is 0.619. The predicted octanol–water partition coefficient (Wildman–Crippen LogP) is 5.42. The Labute approximate surface area is 169 Å². The first-order valence-corrected chi connectivity index (χ1v) is 9.26. The molecule has 0 heterocycles. The van der Waals surface area contributed by atoms with Crippen LogP contribution in [0.5, 0.6) is 0 Å². The SMILES string of the molecule is CC(Nc1ccc(NC(=O)C(C)(C)C)cc1)C(=O)Nc1ccc(Cl)cc1Cl. The third-order valence-electron chi connectivity index (χ3n) is 3.79. The zero-order valence-corrected chi connectivity index (χ0v) is 17.2. The highest BCUT2D eigenvalue weighted by atomic mass is 35.5. The van der Waals surface area contributed by atoms with Gasteiger partial charge in [-0.1, -0.05) is 44.0 Å². The van der Waals surface area contributed by atoms with Gasteiger partial charge in [0.15, 0.2) is 0 Å². The first-order valence-electron chi connectivity index (χ1n) is 8.50. The van der Waals surface area contributed by atoms with E-state index < -0.39 is 11.5 Å². The highest BCUT2D eigenvalue weighted by Gasteiger charge is 2.21. The number of nitrogens with one attached hydrogen (secondary N) is 3. The van der Waals surface area contributed by atoms with Crippen LogP contribution >= 0.6 is 23.2 Å². The van der Waals surface area contributed by atoms with Crippen LogP contribution in [-0.2, 0) is 9.59 Å². The number of halogens is 2. The fourth-order valence-electron chi connectivity index (χ4n) is 2.12. The van der Waals surface area contributed by atoms with E-state index in [1.165, 1.54) is 0 Å². The van der Waals surface area contributed by atoms with E-state index >= 15 is 0 Å². The summed E-state index contributed by atoms with van der Waals surface area (Å²) in [6.45, 7) is 7.30. The van der Waals surface area contributed by atoms with Crippen LogP contribution in [0.3, 0.4) is 0 Å². The number of benzene rings is 2. The van der Waals surface area contributed by atoms with E-state index in [0.29, 0.717) is 21.4 Å². The van der Waals surface area contributed by atoms with Crippen molar-refractivity contribution in [3.05, 3.63) is 52.5 Å². The lowest BCUT2D eigenvalue weighted by Gasteiger charge is -2.18. The molecule has 7 heteroatoms. The number of amides is 2. The fourth-order valence-corrected chi connectivity index (χ4v) is 2.57. The van der Waals surface area contributed by atoms with E-state index in [2.05, 4.69) is 16.0 Å². The van der Waals surface area contributed by atoms with Crippen molar-refractivity contribution < 1.29 is 9.59 Å². The summed E-state index contributed by atoms with van der Waals surface area (Å²) in [6, 6.07) is 11.6. The lowest BCUT2D eigenvalue weighted by molar-refractivity contribution is -0.123. The Hall–Kier alpha value is -2.24. The molecule has 0 saturated carbocycles. The number of carbonyl (C=O) groups is 2. The number of hydrogen-bond donors (Lipinski definition) is 3. The predicted molar refractivity (Wildman–Crippen MR) is 113 cm³/mol. The van der Waals surface area contributed by atoms with Gasteiger partial charge >= 0.3 is 0 Å². The molecule has 0 aliphatic heterocycles. The maximum atomic E-state index is 12.4. The summed E-state index contributed by atoms with van der Waals surface area (Å²) in [7, 11) is 0. The molecule has 1 unspecified atom stereocenters.